The molecule has 0 bridgehead atoms. The van der Waals surface area contributed by atoms with Crippen LogP contribution in [0.3, 0.4) is 0 Å². The number of benzene rings is 1. The van der Waals surface area contributed by atoms with Gasteiger partial charge < -0.3 is 4.79 Å². The summed E-state index contributed by atoms with van der Waals surface area (Å²) < 4.78 is 0. The highest BCUT2D eigenvalue weighted by molar-refractivity contribution is 6.30. The van der Waals surface area contributed by atoms with Crippen LogP contribution >= 0.6 is 11.6 Å². The molecule has 0 amide bonds. The monoisotopic (exact) mass is 236 g/mol. The molecule has 0 aromatic heterocycles. The molecule has 1 nitrogen and oxygen atoms in total. The fraction of sp³-hybridized carbons (Fsp3) is 0.500. The van der Waals surface area contributed by atoms with E-state index in [1.54, 1.807) is 0 Å². The molecule has 1 aliphatic rings. The van der Waals surface area contributed by atoms with Gasteiger partial charge in [-0.15, -0.1) is 0 Å². The van der Waals surface area contributed by atoms with Crippen molar-refractivity contribution in [2.75, 3.05) is 0 Å². The summed E-state index contributed by atoms with van der Waals surface area (Å²) in [5, 5.41) is 0.755. The minimum atomic E-state index is 0.00455. The first-order valence-electron chi connectivity index (χ1n) is 5.88. The SMILES string of the molecule is CC1(c2ccc(Cl)cc2)CCCCC1C=O. The highest BCUT2D eigenvalue weighted by atomic mass is 35.5. The predicted octanol–water partition coefficient (Wildman–Crippen LogP) is 3.99. The molecule has 0 radical (unpaired) electrons. The number of halogens is 1. The van der Waals surface area contributed by atoms with Crippen molar-refractivity contribution in [3.63, 3.8) is 0 Å². The maximum atomic E-state index is 11.2. The van der Waals surface area contributed by atoms with Gasteiger partial charge in [0.25, 0.3) is 0 Å². The second-order valence-corrected chi connectivity index (χ2v) is 5.35. The molecule has 1 fully saturated rings. The van der Waals surface area contributed by atoms with Gasteiger partial charge in [0.05, 0.1) is 0 Å². The summed E-state index contributed by atoms with van der Waals surface area (Å²) in [5.41, 5.74) is 1.25. The molecule has 2 heteroatoms. The van der Waals surface area contributed by atoms with Crippen LogP contribution in [0.2, 0.25) is 5.02 Å². The lowest BCUT2D eigenvalue weighted by Gasteiger charge is -2.39. The van der Waals surface area contributed by atoms with Gasteiger partial charge in [0.2, 0.25) is 0 Å². The van der Waals surface area contributed by atoms with Gasteiger partial charge >= 0.3 is 0 Å². The molecule has 0 saturated heterocycles. The van der Waals surface area contributed by atoms with Crippen LogP contribution in [-0.4, -0.2) is 6.29 Å². The first-order valence-corrected chi connectivity index (χ1v) is 6.26. The Kier molecular flexibility index (Phi) is 3.34. The summed E-state index contributed by atoms with van der Waals surface area (Å²) in [6, 6.07) is 7.95. The van der Waals surface area contributed by atoms with E-state index in [4.69, 9.17) is 11.6 Å². The van der Waals surface area contributed by atoms with Crippen molar-refractivity contribution in [3.8, 4) is 0 Å². The zero-order valence-corrected chi connectivity index (χ0v) is 10.3. The van der Waals surface area contributed by atoms with E-state index < -0.39 is 0 Å². The third-order valence-corrected chi connectivity index (χ3v) is 4.20. The summed E-state index contributed by atoms with van der Waals surface area (Å²) in [7, 11) is 0. The second kappa shape index (κ2) is 4.58. The van der Waals surface area contributed by atoms with Crippen LogP contribution < -0.4 is 0 Å². The molecule has 16 heavy (non-hydrogen) atoms. The largest absolute Gasteiger partial charge is 0.303 e. The molecule has 1 aromatic rings. The number of hydrogen-bond acceptors (Lipinski definition) is 1. The number of aldehydes is 1. The van der Waals surface area contributed by atoms with E-state index in [9.17, 15) is 4.79 Å². The molecule has 0 N–H and O–H groups in total. The molecule has 2 rings (SSSR count). The van der Waals surface area contributed by atoms with E-state index in [1.807, 2.05) is 12.1 Å². The van der Waals surface area contributed by atoms with Gasteiger partial charge in [-0.2, -0.15) is 0 Å². The molecule has 0 spiro atoms. The average Bonchev–Trinajstić information content (AvgIpc) is 2.30. The van der Waals surface area contributed by atoms with Crippen LogP contribution in [0.1, 0.15) is 38.2 Å². The summed E-state index contributed by atoms with van der Waals surface area (Å²) in [5.74, 6) is 0.155. The van der Waals surface area contributed by atoms with Gasteiger partial charge in [0.15, 0.2) is 0 Å². The smallest absolute Gasteiger partial charge is 0.123 e. The first kappa shape index (κ1) is 11.7. The minimum absolute atomic E-state index is 0.00455. The molecule has 0 heterocycles. The van der Waals surface area contributed by atoms with Crippen molar-refractivity contribution in [1.82, 2.24) is 0 Å². The number of carbonyl (C=O) groups excluding carboxylic acids is 1. The molecule has 86 valence electrons. The normalized spacial score (nSPS) is 30.0. The zero-order chi connectivity index (χ0) is 11.6. The van der Waals surface area contributed by atoms with E-state index in [0.717, 1.165) is 24.2 Å². The summed E-state index contributed by atoms with van der Waals surface area (Å²) in [6.45, 7) is 2.20. The van der Waals surface area contributed by atoms with Gasteiger partial charge in [-0.05, 0) is 30.5 Å². The fourth-order valence-electron chi connectivity index (χ4n) is 2.77. The Labute approximate surface area is 102 Å². The fourth-order valence-corrected chi connectivity index (χ4v) is 2.89. The molecular formula is C14H17ClO. The number of hydrogen-bond donors (Lipinski definition) is 0. The molecular weight excluding hydrogens is 220 g/mol. The Morgan fingerprint density at radius 2 is 2.00 bits per heavy atom. The quantitative estimate of drug-likeness (QED) is 0.710. The third-order valence-electron chi connectivity index (χ3n) is 3.95. The lowest BCUT2D eigenvalue weighted by Crippen LogP contribution is -2.36. The van der Waals surface area contributed by atoms with Gasteiger partial charge in [-0.3, -0.25) is 0 Å². The highest BCUT2D eigenvalue weighted by Crippen LogP contribution is 2.42. The zero-order valence-electron chi connectivity index (χ0n) is 9.58. The van der Waals surface area contributed by atoms with Crippen LogP contribution in [-0.2, 0) is 10.2 Å². The van der Waals surface area contributed by atoms with E-state index in [2.05, 4.69) is 19.1 Å². The van der Waals surface area contributed by atoms with Crippen molar-refractivity contribution >= 4 is 17.9 Å². The lowest BCUT2D eigenvalue weighted by molar-refractivity contribution is -0.114. The van der Waals surface area contributed by atoms with Crippen molar-refractivity contribution in [2.24, 2.45) is 5.92 Å². The Morgan fingerprint density at radius 1 is 1.31 bits per heavy atom. The van der Waals surface area contributed by atoms with Crippen LogP contribution in [0.4, 0.5) is 0 Å². The highest BCUT2D eigenvalue weighted by Gasteiger charge is 2.37. The standard InChI is InChI=1S/C14H17ClO/c1-14(9-3-2-4-12(14)10-16)11-5-7-13(15)8-6-11/h5-8,10,12H,2-4,9H2,1H3. The summed E-state index contributed by atoms with van der Waals surface area (Å²) in [6.07, 6.45) is 5.63. The van der Waals surface area contributed by atoms with Gasteiger partial charge in [-0.1, -0.05) is 43.5 Å². The summed E-state index contributed by atoms with van der Waals surface area (Å²) >= 11 is 5.90. The summed E-state index contributed by atoms with van der Waals surface area (Å²) in [4.78, 5) is 11.2. The Balaban J connectivity index is 2.34. The Morgan fingerprint density at radius 3 is 2.62 bits per heavy atom. The average molecular weight is 237 g/mol. The van der Waals surface area contributed by atoms with Gasteiger partial charge in [-0.25, -0.2) is 0 Å². The van der Waals surface area contributed by atoms with Crippen molar-refractivity contribution in [1.29, 1.82) is 0 Å². The van der Waals surface area contributed by atoms with Crippen molar-refractivity contribution < 1.29 is 4.79 Å². The molecule has 1 saturated carbocycles. The van der Waals surface area contributed by atoms with Gasteiger partial charge in [0.1, 0.15) is 6.29 Å². The number of rotatable bonds is 2. The predicted molar refractivity (Wildman–Crippen MR) is 66.8 cm³/mol. The topological polar surface area (TPSA) is 17.1 Å². The van der Waals surface area contributed by atoms with Crippen LogP contribution in [0.25, 0.3) is 0 Å². The lowest BCUT2D eigenvalue weighted by atomic mass is 9.64. The van der Waals surface area contributed by atoms with Gasteiger partial charge in [0, 0.05) is 16.4 Å². The van der Waals surface area contributed by atoms with Crippen LogP contribution in [0.5, 0.6) is 0 Å². The maximum absolute atomic E-state index is 11.2. The van der Waals surface area contributed by atoms with Crippen LogP contribution in [0, 0.1) is 5.92 Å². The van der Waals surface area contributed by atoms with E-state index >= 15 is 0 Å². The minimum Gasteiger partial charge on any atom is -0.303 e. The second-order valence-electron chi connectivity index (χ2n) is 4.91. The molecule has 2 unspecified atom stereocenters. The number of carbonyl (C=O) groups is 1. The Bertz CT molecular complexity index is 371. The molecule has 1 aromatic carbocycles. The van der Waals surface area contributed by atoms with Crippen LogP contribution in [0.15, 0.2) is 24.3 Å². The van der Waals surface area contributed by atoms with E-state index in [1.165, 1.54) is 18.4 Å². The molecule has 2 atom stereocenters. The van der Waals surface area contributed by atoms with E-state index in [-0.39, 0.29) is 11.3 Å². The molecule has 1 aliphatic carbocycles. The van der Waals surface area contributed by atoms with E-state index in [0.29, 0.717) is 0 Å². The van der Waals surface area contributed by atoms with Crippen molar-refractivity contribution in [2.45, 2.75) is 38.0 Å². The Hall–Kier alpha value is -0.820. The maximum Gasteiger partial charge on any atom is 0.123 e. The van der Waals surface area contributed by atoms with Crippen molar-refractivity contribution in [3.05, 3.63) is 34.9 Å². The molecule has 0 aliphatic heterocycles. The first-order chi connectivity index (χ1) is 7.66. The third kappa shape index (κ3) is 2.01.